The molecular weight excluding hydrogens is 576 g/mol. The number of hydrogen-bond acceptors (Lipinski definition) is 8. The average Bonchev–Trinajstić information content (AvgIpc) is 3.29. The Morgan fingerprint density at radius 3 is 2.44 bits per heavy atom. The van der Waals surface area contributed by atoms with E-state index in [1.165, 1.54) is 20.1 Å². The van der Waals surface area contributed by atoms with Crippen LogP contribution in [0.15, 0.2) is 59.5 Å². The standard InChI is InChI=1S/C34H38N4O7/c1-20(39)37-26-9-6-22-17-30(43-3)33(44-4)34(45-5)32(22)24-8-10-27(29(40)18-25(24)26)36-19-31(41)35-13-15-38-14-12-21-16-23(42-2)7-11-28(21)38/h7-8,10-12,14,16-18,26H,6,9,13,15,19H2,1-5H3,(H,35,41)(H,36,40)(H,37,39)/t26-/m0/s1. The molecule has 1 heterocycles. The van der Waals surface area contributed by atoms with E-state index in [0.29, 0.717) is 54.3 Å². The highest BCUT2D eigenvalue weighted by atomic mass is 16.5. The van der Waals surface area contributed by atoms with Gasteiger partial charge in [0, 0.05) is 42.7 Å². The highest BCUT2D eigenvalue weighted by molar-refractivity contribution is 5.85. The molecule has 0 aliphatic heterocycles. The summed E-state index contributed by atoms with van der Waals surface area (Å²) in [6.45, 7) is 2.36. The summed E-state index contributed by atoms with van der Waals surface area (Å²) >= 11 is 0. The van der Waals surface area contributed by atoms with E-state index in [1.807, 2.05) is 42.6 Å². The molecule has 0 spiro atoms. The van der Waals surface area contributed by atoms with E-state index in [-0.39, 0.29) is 29.5 Å². The summed E-state index contributed by atoms with van der Waals surface area (Å²) in [5.74, 6) is 1.76. The lowest BCUT2D eigenvalue weighted by Gasteiger charge is -2.19. The number of aryl methyl sites for hydroxylation is 1. The van der Waals surface area contributed by atoms with Crippen LogP contribution in [0, 0.1) is 0 Å². The van der Waals surface area contributed by atoms with E-state index in [1.54, 1.807) is 27.4 Å². The molecule has 4 aromatic rings. The predicted octanol–water partition coefficient (Wildman–Crippen LogP) is 4.05. The van der Waals surface area contributed by atoms with Crippen molar-refractivity contribution in [1.29, 1.82) is 0 Å². The van der Waals surface area contributed by atoms with Gasteiger partial charge in [-0.25, -0.2) is 0 Å². The van der Waals surface area contributed by atoms with E-state index >= 15 is 0 Å². The van der Waals surface area contributed by atoms with Gasteiger partial charge >= 0.3 is 0 Å². The fourth-order valence-corrected chi connectivity index (χ4v) is 5.91. The Morgan fingerprint density at radius 1 is 0.933 bits per heavy atom. The molecule has 5 rings (SSSR count). The van der Waals surface area contributed by atoms with Gasteiger partial charge in [-0.3, -0.25) is 14.4 Å². The van der Waals surface area contributed by atoms with Gasteiger partial charge in [-0.05, 0) is 72.0 Å². The number of carbonyl (C=O) groups is 2. The van der Waals surface area contributed by atoms with Crippen LogP contribution in [0.3, 0.4) is 0 Å². The maximum Gasteiger partial charge on any atom is 0.239 e. The van der Waals surface area contributed by atoms with Crippen molar-refractivity contribution < 1.29 is 28.5 Å². The van der Waals surface area contributed by atoms with E-state index in [0.717, 1.165) is 27.8 Å². The Hall–Kier alpha value is -5.19. The van der Waals surface area contributed by atoms with Crippen LogP contribution in [0.5, 0.6) is 23.0 Å². The van der Waals surface area contributed by atoms with Crippen LogP contribution in [0.4, 0.5) is 5.69 Å². The second-order valence-corrected chi connectivity index (χ2v) is 10.7. The first-order valence-corrected chi connectivity index (χ1v) is 14.7. The molecule has 2 amide bonds. The molecule has 11 nitrogen and oxygen atoms in total. The number of ether oxygens (including phenoxy) is 4. The summed E-state index contributed by atoms with van der Waals surface area (Å²) in [4.78, 5) is 38.4. The van der Waals surface area contributed by atoms with Crippen molar-refractivity contribution in [2.75, 3.05) is 46.8 Å². The monoisotopic (exact) mass is 614 g/mol. The second kappa shape index (κ2) is 13.6. The number of fused-ring (bicyclic) bond motifs is 4. The molecule has 0 radical (unpaired) electrons. The fourth-order valence-electron chi connectivity index (χ4n) is 5.91. The van der Waals surface area contributed by atoms with Crippen molar-refractivity contribution in [3.8, 4) is 34.1 Å². The molecule has 1 aromatic heterocycles. The van der Waals surface area contributed by atoms with Gasteiger partial charge in [0.2, 0.25) is 23.0 Å². The molecule has 0 bridgehead atoms. The molecule has 45 heavy (non-hydrogen) atoms. The molecule has 0 saturated heterocycles. The number of nitrogens with one attached hydrogen (secondary N) is 3. The molecule has 1 aliphatic carbocycles. The highest BCUT2D eigenvalue weighted by Crippen LogP contribution is 2.50. The van der Waals surface area contributed by atoms with Crippen LogP contribution in [0.1, 0.15) is 30.5 Å². The van der Waals surface area contributed by atoms with Gasteiger partial charge in [-0.1, -0.05) is 6.07 Å². The van der Waals surface area contributed by atoms with Crippen LogP contribution >= 0.6 is 0 Å². The smallest absolute Gasteiger partial charge is 0.239 e. The summed E-state index contributed by atoms with van der Waals surface area (Å²) < 4.78 is 24.4. The molecular formula is C34H38N4O7. The van der Waals surface area contributed by atoms with E-state index in [4.69, 9.17) is 18.9 Å². The van der Waals surface area contributed by atoms with Crippen molar-refractivity contribution in [2.24, 2.45) is 0 Å². The Labute approximate surface area is 261 Å². The van der Waals surface area contributed by atoms with Crippen LogP contribution in [-0.4, -0.2) is 57.9 Å². The summed E-state index contributed by atoms with van der Waals surface area (Å²) in [6.07, 6.45) is 3.12. The Bertz CT molecular complexity index is 1800. The normalized spacial score (nSPS) is 13.6. The molecule has 0 saturated carbocycles. The molecule has 1 aliphatic rings. The Kier molecular flexibility index (Phi) is 9.46. The van der Waals surface area contributed by atoms with Gasteiger partial charge in [0.1, 0.15) is 5.75 Å². The maximum atomic E-state index is 13.5. The van der Waals surface area contributed by atoms with E-state index < -0.39 is 6.04 Å². The van der Waals surface area contributed by atoms with Crippen molar-refractivity contribution in [3.63, 3.8) is 0 Å². The van der Waals surface area contributed by atoms with Crippen LogP contribution in [-0.2, 0) is 22.6 Å². The van der Waals surface area contributed by atoms with Gasteiger partial charge in [0.05, 0.1) is 46.7 Å². The minimum absolute atomic E-state index is 0.0897. The zero-order valence-electron chi connectivity index (χ0n) is 26.1. The molecule has 3 N–H and O–H groups in total. The third-order valence-corrected chi connectivity index (χ3v) is 8.01. The average molecular weight is 615 g/mol. The molecule has 0 unspecified atom stereocenters. The lowest BCUT2D eigenvalue weighted by Crippen LogP contribution is -2.33. The number of benzene rings is 2. The number of rotatable bonds is 11. The number of aromatic nitrogens is 1. The first-order valence-electron chi connectivity index (χ1n) is 14.7. The van der Waals surface area contributed by atoms with Gasteiger partial charge in [0.25, 0.3) is 0 Å². The van der Waals surface area contributed by atoms with Gasteiger partial charge < -0.3 is 39.5 Å². The summed E-state index contributed by atoms with van der Waals surface area (Å²) in [6, 6.07) is 14.3. The minimum Gasteiger partial charge on any atom is -0.497 e. The molecule has 0 fully saturated rings. The van der Waals surface area contributed by atoms with E-state index in [2.05, 4.69) is 20.5 Å². The number of carbonyl (C=O) groups excluding carboxylic acids is 2. The predicted molar refractivity (Wildman–Crippen MR) is 173 cm³/mol. The topological polar surface area (TPSA) is 129 Å². The summed E-state index contributed by atoms with van der Waals surface area (Å²) in [7, 11) is 6.29. The quantitative estimate of drug-likeness (QED) is 0.231. The first kappa shape index (κ1) is 31.2. The van der Waals surface area contributed by atoms with Gasteiger partial charge in [-0.2, -0.15) is 0 Å². The lowest BCUT2D eigenvalue weighted by atomic mass is 9.95. The summed E-state index contributed by atoms with van der Waals surface area (Å²) in [5, 5.41) is 9.96. The second-order valence-electron chi connectivity index (χ2n) is 10.7. The SMILES string of the molecule is COc1ccc2c(ccn2CCNC(=O)CNc2ccc3c(cc2=O)[C@@H](NC(C)=O)CCc2cc(OC)c(OC)c(OC)c2-3)c1. The number of methoxy groups -OCH3 is 4. The molecule has 11 heteroatoms. The number of amides is 2. The molecule has 3 aromatic carbocycles. The van der Waals surface area contributed by atoms with Crippen LogP contribution in [0.2, 0.25) is 0 Å². The summed E-state index contributed by atoms with van der Waals surface area (Å²) in [5.41, 5.74) is 4.04. The third-order valence-electron chi connectivity index (χ3n) is 8.01. The van der Waals surface area contributed by atoms with Gasteiger partial charge in [0.15, 0.2) is 11.5 Å². The zero-order valence-corrected chi connectivity index (χ0v) is 26.1. The highest BCUT2D eigenvalue weighted by Gasteiger charge is 2.29. The Morgan fingerprint density at radius 2 is 1.73 bits per heavy atom. The molecule has 1 atom stereocenters. The van der Waals surface area contributed by atoms with E-state index in [9.17, 15) is 14.4 Å². The minimum atomic E-state index is -0.423. The largest absolute Gasteiger partial charge is 0.497 e. The zero-order chi connectivity index (χ0) is 32.1. The number of nitrogens with zero attached hydrogens (tertiary/aromatic N) is 1. The number of hydrogen-bond donors (Lipinski definition) is 3. The van der Waals surface area contributed by atoms with Crippen LogP contribution < -0.4 is 40.3 Å². The van der Waals surface area contributed by atoms with Crippen molar-refractivity contribution in [1.82, 2.24) is 15.2 Å². The molecule has 236 valence electrons. The first-order chi connectivity index (χ1) is 21.8. The lowest BCUT2D eigenvalue weighted by molar-refractivity contribution is -0.120. The van der Waals surface area contributed by atoms with Crippen LogP contribution in [0.25, 0.3) is 22.0 Å². The van der Waals surface area contributed by atoms with Crippen molar-refractivity contribution in [3.05, 3.63) is 76.1 Å². The fraction of sp³-hybridized carbons (Fsp3) is 0.324. The third kappa shape index (κ3) is 6.52. The van der Waals surface area contributed by atoms with Gasteiger partial charge in [-0.15, -0.1) is 0 Å². The maximum absolute atomic E-state index is 13.5. The van der Waals surface area contributed by atoms with Crippen molar-refractivity contribution >= 4 is 28.4 Å². The van der Waals surface area contributed by atoms with Crippen molar-refractivity contribution in [2.45, 2.75) is 32.4 Å². The Balaban J connectivity index is 1.38. The number of anilines is 1.